The normalized spacial score (nSPS) is 34.0. The highest BCUT2D eigenvalue weighted by atomic mass is 32.2. The van der Waals surface area contributed by atoms with Gasteiger partial charge in [0, 0.05) is 10.3 Å². The molecule has 4 N–H and O–H groups in total. The highest BCUT2D eigenvalue weighted by molar-refractivity contribution is 7.98. The van der Waals surface area contributed by atoms with Crippen molar-refractivity contribution in [3.63, 3.8) is 0 Å². The quantitative estimate of drug-likeness (QED) is 0.830. The minimum absolute atomic E-state index is 0.195. The molecule has 2 amide bonds. The van der Waals surface area contributed by atoms with Crippen LogP contribution in [0.15, 0.2) is 29.2 Å². The Morgan fingerprint density at radius 3 is 2.38 bits per heavy atom. The third-order valence-corrected chi connectivity index (χ3v) is 6.09. The summed E-state index contributed by atoms with van der Waals surface area (Å²) in [6, 6.07) is 8.29. The number of primary amides is 2. The molecule has 3 rings (SSSR count). The van der Waals surface area contributed by atoms with Crippen LogP contribution in [0.25, 0.3) is 0 Å². The average molecular weight is 304 g/mol. The highest BCUT2D eigenvalue weighted by Crippen LogP contribution is 2.61. The molecule has 0 aliphatic heterocycles. The van der Waals surface area contributed by atoms with Crippen LogP contribution in [-0.2, 0) is 15.0 Å². The first-order valence-electron chi connectivity index (χ1n) is 7.23. The highest BCUT2D eigenvalue weighted by Gasteiger charge is 2.62. The average Bonchev–Trinajstić information content (AvgIpc) is 3.04. The van der Waals surface area contributed by atoms with Crippen LogP contribution in [0, 0.1) is 17.8 Å². The molecule has 1 aromatic carbocycles. The molecule has 0 spiro atoms. The summed E-state index contributed by atoms with van der Waals surface area (Å²) in [5.41, 5.74) is 12.0. The number of hydrogen-bond acceptors (Lipinski definition) is 3. The van der Waals surface area contributed by atoms with Gasteiger partial charge in [-0.3, -0.25) is 9.59 Å². The number of amides is 2. The minimum Gasteiger partial charge on any atom is -0.369 e. The third-order valence-electron chi connectivity index (χ3n) is 5.35. The van der Waals surface area contributed by atoms with E-state index >= 15 is 0 Å². The van der Waals surface area contributed by atoms with Crippen molar-refractivity contribution in [1.82, 2.24) is 0 Å². The molecular formula is C16H20N2O2S. The van der Waals surface area contributed by atoms with Gasteiger partial charge in [-0.05, 0) is 49.1 Å². The van der Waals surface area contributed by atoms with E-state index in [9.17, 15) is 9.59 Å². The lowest BCUT2D eigenvalue weighted by atomic mass is 9.66. The zero-order valence-electron chi connectivity index (χ0n) is 12.0. The van der Waals surface area contributed by atoms with E-state index in [1.807, 2.05) is 6.26 Å². The Balaban J connectivity index is 2.05. The van der Waals surface area contributed by atoms with Crippen molar-refractivity contribution in [3.05, 3.63) is 29.8 Å². The Morgan fingerprint density at radius 2 is 1.86 bits per heavy atom. The first kappa shape index (κ1) is 14.4. The fourth-order valence-corrected chi connectivity index (χ4v) is 4.94. The van der Waals surface area contributed by atoms with E-state index in [1.54, 1.807) is 11.8 Å². The standard InChI is InChI=1S/C16H20N2O2S/c1-21-11-4-2-10(3-5-11)16-7-6-9(8-16)12(14(17)19)13(16)15(18)20/h2-5,9,12-13H,6-8H2,1H3,(H2,17,19)(H2,18,20). The molecule has 2 fully saturated rings. The summed E-state index contributed by atoms with van der Waals surface area (Å²) in [4.78, 5) is 25.0. The maximum absolute atomic E-state index is 12.0. The van der Waals surface area contributed by atoms with E-state index in [2.05, 4.69) is 24.3 Å². The molecule has 0 saturated heterocycles. The molecule has 4 nitrogen and oxygen atoms in total. The van der Waals surface area contributed by atoms with Crippen molar-refractivity contribution in [2.75, 3.05) is 6.26 Å². The van der Waals surface area contributed by atoms with Crippen LogP contribution < -0.4 is 11.5 Å². The molecule has 0 radical (unpaired) electrons. The van der Waals surface area contributed by atoms with Crippen molar-refractivity contribution in [3.8, 4) is 0 Å². The first-order chi connectivity index (χ1) is 9.99. The topological polar surface area (TPSA) is 86.2 Å². The predicted molar refractivity (Wildman–Crippen MR) is 82.6 cm³/mol. The molecule has 2 saturated carbocycles. The molecule has 5 heteroatoms. The number of carbonyl (C=O) groups excluding carboxylic acids is 2. The monoisotopic (exact) mass is 304 g/mol. The van der Waals surface area contributed by atoms with Crippen LogP contribution in [0.3, 0.4) is 0 Å². The Kier molecular flexibility index (Phi) is 3.48. The van der Waals surface area contributed by atoms with Gasteiger partial charge in [0.2, 0.25) is 11.8 Å². The van der Waals surface area contributed by atoms with Crippen LogP contribution in [0.4, 0.5) is 0 Å². The number of hydrogen-bond donors (Lipinski definition) is 2. The number of fused-ring (bicyclic) bond motifs is 2. The van der Waals surface area contributed by atoms with Gasteiger partial charge >= 0.3 is 0 Å². The van der Waals surface area contributed by atoms with Gasteiger partial charge in [0.15, 0.2) is 0 Å². The molecule has 2 aliphatic carbocycles. The van der Waals surface area contributed by atoms with Crippen LogP contribution >= 0.6 is 11.8 Å². The van der Waals surface area contributed by atoms with Crippen LogP contribution in [-0.4, -0.2) is 18.1 Å². The van der Waals surface area contributed by atoms with Gasteiger partial charge in [-0.1, -0.05) is 12.1 Å². The van der Waals surface area contributed by atoms with E-state index in [0.717, 1.165) is 24.8 Å². The number of thioether (sulfide) groups is 1. The van der Waals surface area contributed by atoms with E-state index in [-0.39, 0.29) is 17.2 Å². The van der Waals surface area contributed by atoms with Crippen LogP contribution in [0.5, 0.6) is 0 Å². The van der Waals surface area contributed by atoms with Gasteiger partial charge in [-0.25, -0.2) is 0 Å². The minimum atomic E-state index is -0.464. The van der Waals surface area contributed by atoms with E-state index in [1.165, 1.54) is 4.90 Å². The summed E-state index contributed by atoms with van der Waals surface area (Å²) < 4.78 is 0. The fourth-order valence-electron chi connectivity index (χ4n) is 4.53. The van der Waals surface area contributed by atoms with E-state index < -0.39 is 17.7 Å². The summed E-state index contributed by atoms with van der Waals surface area (Å²) in [6.07, 6.45) is 4.73. The zero-order valence-corrected chi connectivity index (χ0v) is 12.9. The predicted octanol–water partition coefficient (Wildman–Crippen LogP) is 1.66. The third kappa shape index (κ3) is 2.06. The molecule has 2 aliphatic rings. The molecular weight excluding hydrogens is 284 g/mol. The van der Waals surface area contributed by atoms with Crippen LogP contribution in [0.2, 0.25) is 0 Å². The fraction of sp³-hybridized carbons (Fsp3) is 0.500. The van der Waals surface area contributed by atoms with Crippen molar-refractivity contribution in [2.45, 2.75) is 29.6 Å². The summed E-state index contributed by atoms with van der Waals surface area (Å²) in [5.74, 6) is -1.45. The second-order valence-corrected chi connectivity index (χ2v) is 7.08. The second-order valence-electron chi connectivity index (χ2n) is 6.20. The Morgan fingerprint density at radius 1 is 1.19 bits per heavy atom. The van der Waals surface area contributed by atoms with Gasteiger partial charge in [0.1, 0.15) is 0 Å². The molecule has 1 aromatic rings. The molecule has 0 heterocycles. The molecule has 4 atom stereocenters. The molecule has 0 aromatic heterocycles. The van der Waals surface area contributed by atoms with Gasteiger partial charge in [-0.15, -0.1) is 11.8 Å². The molecule has 112 valence electrons. The van der Waals surface area contributed by atoms with Gasteiger partial charge in [0.25, 0.3) is 0 Å². The molecule has 4 unspecified atom stereocenters. The summed E-state index contributed by atoms with van der Waals surface area (Å²) in [6.45, 7) is 0. The van der Waals surface area contributed by atoms with Gasteiger partial charge in [-0.2, -0.15) is 0 Å². The number of rotatable bonds is 4. The van der Waals surface area contributed by atoms with Gasteiger partial charge < -0.3 is 11.5 Å². The number of benzene rings is 1. The Bertz CT molecular complexity index is 586. The number of carbonyl (C=O) groups is 2. The zero-order chi connectivity index (χ0) is 15.2. The summed E-state index contributed by atoms with van der Waals surface area (Å²) in [5, 5.41) is 0. The van der Waals surface area contributed by atoms with Gasteiger partial charge in [0.05, 0.1) is 11.8 Å². The lowest BCUT2D eigenvalue weighted by Crippen LogP contribution is -2.47. The van der Waals surface area contributed by atoms with E-state index in [0.29, 0.717) is 0 Å². The van der Waals surface area contributed by atoms with Crippen molar-refractivity contribution in [2.24, 2.45) is 29.2 Å². The SMILES string of the molecule is CSc1ccc(C23CCC(C2)C(C(N)=O)C3C(N)=O)cc1. The smallest absolute Gasteiger partial charge is 0.222 e. The van der Waals surface area contributed by atoms with Crippen molar-refractivity contribution < 1.29 is 9.59 Å². The maximum atomic E-state index is 12.0. The molecule has 21 heavy (non-hydrogen) atoms. The Hall–Kier alpha value is -1.49. The first-order valence-corrected chi connectivity index (χ1v) is 8.45. The lowest BCUT2D eigenvalue weighted by Gasteiger charge is -2.36. The maximum Gasteiger partial charge on any atom is 0.222 e. The van der Waals surface area contributed by atoms with Crippen molar-refractivity contribution in [1.29, 1.82) is 0 Å². The lowest BCUT2D eigenvalue weighted by molar-refractivity contribution is -0.134. The summed E-state index contributed by atoms with van der Waals surface area (Å²) >= 11 is 1.68. The summed E-state index contributed by atoms with van der Waals surface area (Å²) in [7, 11) is 0. The molecule has 2 bridgehead atoms. The van der Waals surface area contributed by atoms with Crippen LogP contribution in [0.1, 0.15) is 24.8 Å². The largest absolute Gasteiger partial charge is 0.369 e. The Labute approximate surface area is 128 Å². The second kappa shape index (κ2) is 5.05. The van der Waals surface area contributed by atoms with Crippen molar-refractivity contribution >= 4 is 23.6 Å². The van der Waals surface area contributed by atoms with E-state index in [4.69, 9.17) is 11.5 Å². The number of nitrogens with two attached hydrogens (primary N) is 2.